The zero-order valence-corrected chi connectivity index (χ0v) is 15.7. The fourth-order valence-corrected chi connectivity index (χ4v) is 3.69. The van der Waals surface area contributed by atoms with Crippen molar-refractivity contribution in [2.45, 2.75) is 20.3 Å². The van der Waals surface area contributed by atoms with Crippen molar-refractivity contribution in [3.63, 3.8) is 0 Å². The van der Waals surface area contributed by atoms with Gasteiger partial charge in [0.1, 0.15) is 11.5 Å². The first kappa shape index (κ1) is 19.2. The lowest BCUT2D eigenvalue weighted by atomic mass is 9.92. The number of nitrogens with one attached hydrogen (secondary N) is 1. The Hall–Kier alpha value is -2.54. The van der Waals surface area contributed by atoms with Crippen molar-refractivity contribution in [1.82, 2.24) is 20.0 Å². The molecule has 1 N–H and O–H groups in total. The van der Waals surface area contributed by atoms with Crippen molar-refractivity contribution < 1.29 is 9.18 Å². The van der Waals surface area contributed by atoms with Gasteiger partial charge in [0.05, 0.1) is 5.69 Å². The number of likely N-dealkylation sites (tertiary alicyclic amines) is 1. The summed E-state index contributed by atoms with van der Waals surface area (Å²) in [6, 6.07) is 8.09. The fourth-order valence-electron chi connectivity index (χ4n) is 3.69. The van der Waals surface area contributed by atoms with Gasteiger partial charge in [0, 0.05) is 32.2 Å². The minimum atomic E-state index is -0.401. The molecular formula is C20H25FN4O2. The highest BCUT2D eigenvalue weighted by atomic mass is 19.1. The van der Waals surface area contributed by atoms with Crippen molar-refractivity contribution in [3.05, 3.63) is 58.3 Å². The highest BCUT2D eigenvalue weighted by Gasteiger charge is 2.21. The van der Waals surface area contributed by atoms with Crippen molar-refractivity contribution in [3.8, 4) is 5.69 Å². The van der Waals surface area contributed by atoms with Gasteiger partial charge in [-0.15, -0.1) is 0 Å². The third-order valence-corrected chi connectivity index (χ3v) is 4.76. The molecule has 1 aromatic heterocycles. The van der Waals surface area contributed by atoms with Crippen LogP contribution in [-0.4, -0.2) is 46.8 Å². The molecule has 1 aliphatic rings. The summed E-state index contributed by atoms with van der Waals surface area (Å²) in [7, 11) is 0. The van der Waals surface area contributed by atoms with Crippen LogP contribution in [-0.2, 0) is 0 Å². The monoisotopic (exact) mass is 372 g/mol. The maximum atomic E-state index is 13.1. The molecule has 0 spiro atoms. The van der Waals surface area contributed by atoms with Gasteiger partial charge >= 0.3 is 0 Å². The van der Waals surface area contributed by atoms with Gasteiger partial charge in [0.2, 0.25) is 0 Å². The van der Waals surface area contributed by atoms with Crippen LogP contribution in [0, 0.1) is 17.7 Å². The van der Waals surface area contributed by atoms with E-state index in [0.29, 0.717) is 24.1 Å². The second-order valence-electron chi connectivity index (χ2n) is 7.41. The average Bonchev–Trinajstić information content (AvgIpc) is 2.62. The van der Waals surface area contributed by atoms with Gasteiger partial charge in [-0.2, -0.15) is 9.78 Å². The lowest BCUT2D eigenvalue weighted by molar-refractivity contribution is 0.0930. The normalized spacial score (nSPS) is 20.4. The quantitative estimate of drug-likeness (QED) is 0.873. The van der Waals surface area contributed by atoms with Crippen molar-refractivity contribution in [2.24, 2.45) is 11.8 Å². The first-order valence-corrected chi connectivity index (χ1v) is 9.29. The Balaban J connectivity index is 1.62. The number of rotatable bonds is 5. The molecule has 0 saturated carbocycles. The van der Waals surface area contributed by atoms with E-state index in [1.165, 1.54) is 42.8 Å². The molecule has 1 aromatic carbocycles. The summed E-state index contributed by atoms with van der Waals surface area (Å²) in [6.45, 7) is 7.92. The lowest BCUT2D eigenvalue weighted by Crippen LogP contribution is -2.43. The summed E-state index contributed by atoms with van der Waals surface area (Å²) in [5.74, 6) is 0.613. The Morgan fingerprint density at radius 2 is 1.81 bits per heavy atom. The van der Waals surface area contributed by atoms with Crippen LogP contribution in [0.25, 0.3) is 5.69 Å². The number of halogens is 1. The molecule has 2 atom stereocenters. The molecule has 0 aliphatic carbocycles. The van der Waals surface area contributed by atoms with Crippen molar-refractivity contribution in [1.29, 1.82) is 0 Å². The third-order valence-electron chi connectivity index (χ3n) is 4.76. The summed E-state index contributed by atoms with van der Waals surface area (Å²) < 4.78 is 14.2. The van der Waals surface area contributed by atoms with E-state index in [0.717, 1.165) is 24.3 Å². The molecule has 6 nitrogen and oxygen atoms in total. The Morgan fingerprint density at radius 3 is 2.48 bits per heavy atom. The molecule has 2 heterocycles. The Morgan fingerprint density at radius 1 is 1.15 bits per heavy atom. The first-order chi connectivity index (χ1) is 12.9. The van der Waals surface area contributed by atoms with Gasteiger partial charge in [0.15, 0.2) is 0 Å². The number of amides is 1. The summed E-state index contributed by atoms with van der Waals surface area (Å²) in [6.07, 6.45) is 1.25. The van der Waals surface area contributed by atoms with E-state index in [1.807, 2.05) is 0 Å². The number of hydrogen-bond acceptors (Lipinski definition) is 4. The van der Waals surface area contributed by atoms with Crippen LogP contribution >= 0.6 is 0 Å². The highest BCUT2D eigenvalue weighted by Crippen LogP contribution is 2.20. The summed E-state index contributed by atoms with van der Waals surface area (Å²) >= 11 is 0. The van der Waals surface area contributed by atoms with E-state index in [9.17, 15) is 14.0 Å². The number of carbonyl (C=O) groups excluding carboxylic acids is 1. The number of piperidine rings is 1. The molecular weight excluding hydrogens is 347 g/mol. The maximum Gasteiger partial charge on any atom is 0.271 e. The predicted octanol–water partition coefficient (Wildman–Crippen LogP) is 2.08. The predicted molar refractivity (Wildman–Crippen MR) is 102 cm³/mol. The second kappa shape index (κ2) is 8.43. The summed E-state index contributed by atoms with van der Waals surface area (Å²) in [5.41, 5.74) is 0.182. The van der Waals surface area contributed by atoms with Crippen LogP contribution in [0.1, 0.15) is 30.8 Å². The van der Waals surface area contributed by atoms with E-state index in [1.54, 1.807) is 0 Å². The largest absolute Gasteiger partial charge is 0.349 e. The van der Waals surface area contributed by atoms with Crippen LogP contribution in [0.5, 0.6) is 0 Å². The van der Waals surface area contributed by atoms with Gasteiger partial charge in [-0.25, -0.2) is 4.39 Å². The number of aromatic nitrogens is 2. The molecule has 2 aromatic rings. The van der Waals surface area contributed by atoms with E-state index in [4.69, 9.17) is 0 Å². The molecule has 2 unspecified atom stereocenters. The van der Waals surface area contributed by atoms with E-state index < -0.39 is 5.82 Å². The number of nitrogens with zero attached hydrogens (tertiary/aromatic N) is 3. The summed E-state index contributed by atoms with van der Waals surface area (Å²) in [5, 5.41) is 6.98. The second-order valence-corrected chi connectivity index (χ2v) is 7.41. The maximum absolute atomic E-state index is 13.1. The van der Waals surface area contributed by atoms with E-state index in [2.05, 4.69) is 29.2 Å². The van der Waals surface area contributed by atoms with Gasteiger partial charge in [0.25, 0.3) is 11.5 Å². The Labute approximate surface area is 158 Å². The highest BCUT2D eigenvalue weighted by molar-refractivity contribution is 5.92. The number of carbonyl (C=O) groups is 1. The molecule has 3 rings (SSSR count). The molecule has 7 heteroatoms. The summed E-state index contributed by atoms with van der Waals surface area (Å²) in [4.78, 5) is 26.8. The Bertz CT molecular complexity index is 840. The molecule has 1 fully saturated rings. The van der Waals surface area contributed by atoms with E-state index >= 15 is 0 Å². The van der Waals surface area contributed by atoms with Crippen LogP contribution in [0.2, 0.25) is 0 Å². The molecule has 0 bridgehead atoms. The minimum Gasteiger partial charge on any atom is -0.349 e. The molecule has 1 aliphatic heterocycles. The van der Waals surface area contributed by atoms with Crippen molar-refractivity contribution >= 4 is 5.91 Å². The molecule has 1 amide bonds. The van der Waals surface area contributed by atoms with Gasteiger partial charge < -0.3 is 10.2 Å². The number of hydrogen-bond donors (Lipinski definition) is 1. The van der Waals surface area contributed by atoms with Gasteiger partial charge in [-0.1, -0.05) is 13.8 Å². The molecule has 144 valence electrons. The van der Waals surface area contributed by atoms with Crippen LogP contribution < -0.4 is 10.9 Å². The first-order valence-electron chi connectivity index (χ1n) is 9.29. The van der Waals surface area contributed by atoms with Crippen LogP contribution in [0.15, 0.2) is 41.2 Å². The SMILES string of the molecule is CC1CC(C)CN(CCNC(=O)c2ccc(=O)n(-c3ccc(F)cc3)n2)C1. The molecule has 1 saturated heterocycles. The zero-order chi connectivity index (χ0) is 19.4. The van der Waals surface area contributed by atoms with Crippen molar-refractivity contribution in [2.75, 3.05) is 26.2 Å². The topological polar surface area (TPSA) is 67.2 Å². The average molecular weight is 372 g/mol. The fraction of sp³-hybridized carbons (Fsp3) is 0.450. The smallest absolute Gasteiger partial charge is 0.271 e. The van der Waals surface area contributed by atoms with Crippen LogP contribution in [0.3, 0.4) is 0 Å². The standard InChI is InChI=1S/C20H25FN4O2/c1-14-11-15(2)13-24(12-14)10-9-22-20(27)18-7-8-19(26)25(23-18)17-5-3-16(21)4-6-17/h3-8,14-15H,9-13H2,1-2H3,(H,22,27). The molecule has 27 heavy (non-hydrogen) atoms. The molecule has 0 radical (unpaired) electrons. The minimum absolute atomic E-state index is 0.152. The van der Waals surface area contributed by atoms with E-state index in [-0.39, 0.29) is 17.2 Å². The Kier molecular flexibility index (Phi) is 6.01. The van der Waals surface area contributed by atoms with Gasteiger partial charge in [-0.05, 0) is 48.6 Å². The van der Waals surface area contributed by atoms with Gasteiger partial charge in [-0.3, -0.25) is 9.59 Å². The zero-order valence-electron chi connectivity index (χ0n) is 15.7. The van der Waals surface area contributed by atoms with Crippen LogP contribution in [0.4, 0.5) is 4.39 Å². The number of benzene rings is 1. The third kappa shape index (κ3) is 5.01. The lowest BCUT2D eigenvalue weighted by Gasteiger charge is -2.34.